The number of carbonyl (C=O) groups is 4. The molecule has 14 nitrogen and oxygen atoms in total. The lowest BCUT2D eigenvalue weighted by atomic mass is 9.75. The fourth-order valence-corrected chi connectivity index (χ4v) is 8.31. The van der Waals surface area contributed by atoms with Crippen molar-refractivity contribution in [3.63, 3.8) is 0 Å². The number of β-lactam (4-membered cyclic amide) rings is 1. The fraction of sp³-hybridized carbons (Fsp3) is 0.667. The quantitative estimate of drug-likeness (QED) is 0.129. The Morgan fingerprint density at radius 3 is 2.59 bits per heavy atom. The van der Waals surface area contributed by atoms with Crippen LogP contribution in [-0.4, -0.2) is 102 Å². The van der Waals surface area contributed by atoms with Gasteiger partial charge in [0, 0.05) is 17.8 Å². The standard InChI is InChI=1S/C24H33N5O9S3/c1-23(2,3)19(32)37-11-38-20(33)24(12-6-35-10-36-7-12)9-29-17(31)15(18(29)41-21(24)39-5)27-16(30)14(28-34-4)13-8-40-22(25)26-13/h8,12,15,18,21H,6-7,9-11H2,1-5H3,(H2,25,26)(H,27,30)/t15?,18-,21?,24?/m1/s1. The van der Waals surface area contributed by atoms with Gasteiger partial charge in [-0.05, 0) is 27.0 Å². The Morgan fingerprint density at radius 2 is 2.00 bits per heavy atom. The zero-order valence-corrected chi connectivity index (χ0v) is 25.7. The van der Waals surface area contributed by atoms with Crippen LogP contribution in [0.4, 0.5) is 5.13 Å². The predicted octanol–water partition coefficient (Wildman–Crippen LogP) is 0.862. The van der Waals surface area contributed by atoms with Crippen LogP contribution >= 0.6 is 34.9 Å². The van der Waals surface area contributed by atoms with Crippen LogP contribution in [0, 0.1) is 16.7 Å². The van der Waals surface area contributed by atoms with Crippen molar-refractivity contribution in [2.75, 3.05) is 52.4 Å². The highest BCUT2D eigenvalue weighted by Crippen LogP contribution is 2.55. The van der Waals surface area contributed by atoms with E-state index in [1.165, 1.54) is 35.5 Å². The molecule has 1 aromatic rings. The Kier molecular flexibility index (Phi) is 9.73. The molecule has 0 saturated carbocycles. The number of aromatic nitrogens is 1. The third kappa shape index (κ3) is 6.28. The SMILES string of the molecule is CON=C(C(=O)NC1C(=O)N2CC(C(=O)OCOC(=O)C(C)(C)C)(C3COCOC3)C(SC)S[C@H]12)c1csc(N)n1. The Balaban J connectivity index is 1.52. The van der Waals surface area contributed by atoms with E-state index in [4.69, 9.17) is 29.5 Å². The van der Waals surface area contributed by atoms with Gasteiger partial charge in [0.1, 0.15) is 36.4 Å². The number of carbonyl (C=O) groups excluding carboxylic acids is 4. The van der Waals surface area contributed by atoms with Gasteiger partial charge in [-0.25, -0.2) is 4.98 Å². The second-order valence-electron chi connectivity index (χ2n) is 10.5. The van der Waals surface area contributed by atoms with Gasteiger partial charge < -0.3 is 39.7 Å². The molecule has 4 heterocycles. The lowest BCUT2D eigenvalue weighted by molar-refractivity contribution is -0.198. The van der Waals surface area contributed by atoms with Gasteiger partial charge in [-0.2, -0.15) is 0 Å². The summed E-state index contributed by atoms with van der Waals surface area (Å²) in [5.41, 5.74) is 3.80. The molecule has 41 heavy (non-hydrogen) atoms. The van der Waals surface area contributed by atoms with Crippen molar-refractivity contribution in [1.29, 1.82) is 0 Å². The highest BCUT2D eigenvalue weighted by Gasteiger charge is 2.65. The highest BCUT2D eigenvalue weighted by atomic mass is 32.2. The maximum Gasteiger partial charge on any atom is 0.319 e. The van der Waals surface area contributed by atoms with E-state index in [1.54, 1.807) is 26.2 Å². The number of hydrogen-bond donors (Lipinski definition) is 2. The molecule has 17 heteroatoms. The van der Waals surface area contributed by atoms with Crippen molar-refractivity contribution in [3.8, 4) is 0 Å². The molecule has 3 aliphatic heterocycles. The van der Waals surface area contributed by atoms with E-state index in [2.05, 4.69) is 15.5 Å². The molecule has 2 amide bonds. The number of rotatable bonds is 9. The van der Waals surface area contributed by atoms with E-state index in [0.29, 0.717) is 0 Å². The van der Waals surface area contributed by atoms with Crippen LogP contribution in [0.2, 0.25) is 0 Å². The first kappa shape index (κ1) is 31.3. The van der Waals surface area contributed by atoms with Crippen LogP contribution in [0.15, 0.2) is 10.5 Å². The Hall–Kier alpha value is -2.60. The number of thioether (sulfide) groups is 2. The van der Waals surface area contributed by atoms with Crippen molar-refractivity contribution in [3.05, 3.63) is 11.1 Å². The third-order valence-electron chi connectivity index (χ3n) is 6.83. The number of thiazole rings is 1. The van der Waals surface area contributed by atoms with Crippen molar-refractivity contribution in [1.82, 2.24) is 15.2 Å². The summed E-state index contributed by atoms with van der Waals surface area (Å²) in [6.07, 6.45) is 1.85. The van der Waals surface area contributed by atoms with Crippen molar-refractivity contribution in [2.45, 2.75) is 36.8 Å². The Labute approximate surface area is 249 Å². The molecule has 4 rings (SSSR count). The number of fused-ring (bicyclic) bond motifs is 1. The van der Waals surface area contributed by atoms with Crippen molar-refractivity contribution < 1.29 is 43.0 Å². The van der Waals surface area contributed by atoms with Gasteiger partial charge >= 0.3 is 11.9 Å². The molecule has 3 saturated heterocycles. The molecule has 4 atom stereocenters. The molecule has 3 unspecified atom stereocenters. The topological polar surface area (TPSA) is 181 Å². The number of nitrogens with one attached hydrogen (secondary N) is 1. The molecule has 0 radical (unpaired) electrons. The first-order chi connectivity index (χ1) is 19.4. The minimum Gasteiger partial charge on any atom is -0.427 e. The van der Waals surface area contributed by atoms with Gasteiger partial charge in [0.05, 0.1) is 23.2 Å². The average Bonchev–Trinajstić information content (AvgIpc) is 3.38. The Bertz CT molecular complexity index is 1200. The summed E-state index contributed by atoms with van der Waals surface area (Å²) in [6.45, 7) is 5.05. The van der Waals surface area contributed by atoms with E-state index in [9.17, 15) is 19.2 Å². The summed E-state index contributed by atoms with van der Waals surface area (Å²) < 4.78 is 21.3. The zero-order valence-electron chi connectivity index (χ0n) is 23.2. The first-order valence-corrected chi connectivity index (χ1v) is 15.7. The van der Waals surface area contributed by atoms with E-state index in [0.717, 1.165) is 11.3 Å². The van der Waals surface area contributed by atoms with Gasteiger partial charge in [-0.1, -0.05) is 5.16 Å². The molecule has 3 N–H and O–H groups in total. The number of nitrogens with two attached hydrogens (primary N) is 1. The maximum absolute atomic E-state index is 13.8. The summed E-state index contributed by atoms with van der Waals surface area (Å²) in [5, 5.41) is 7.86. The molecule has 1 aromatic heterocycles. The average molecular weight is 632 g/mol. The number of esters is 2. The highest BCUT2D eigenvalue weighted by molar-refractivity contribution is 8.17. The van der Waals surface area contributed by atoms with E-state index in [-0.39, 0.29) is 49.0 Å². The summed E-state index contributed by atoms with van der Waals surface area (Å²) in [4.78, 5) is 62.9. The minimum atomic E-state index is -1.24. The Morgan fingerprint density at radius 1 is 1.29 bits per heavy atom. The molecule has 0 spiro atoms. The number of nitrogen functional groups attached to an aromatic ring is 1. The monoisotopic (exact) mass is 631 g/mol. The van der Waals surface area contributed by atoms with Gasteiger partial charge in [-0.15, -0.1) is 34.9 Å². The van der Waals surface area contributed by atoms with Gasteiger partial charge in [0.15, 0.2) is 10.8 Å². The molecule has 0 aromatic carbocycles. The van der Waals surface area contributed by atoms with E-state index < -0.39 is 57.4 Å². The molecule has 0 bridgehead atoms. The molecule has 226 valence electrons. The number of nitrogens with zero attached hydrogens (tertiary/aromatic N) is 3. The number of anilines is 1. The molecular formula is C24H33N5O9S3. The number of ether oxygens (including phenoxy) is 4. The molecule has 3 aliphatic rings. The van der Waals surface area contributed by atoms with E-state index in [1.807, 2.05) is 6.26 Å². The maximum atomic E-state index is 13.8. The van der Waals surface area contributed by atoms with Crippen LogP contribution in [0.3, 0.4) is 0 Å². The van der Waals surface area contributed by atoms with Crippen molar-refractivity contribution >= 4 is 69.5 Å². The lowest BCUT2D eigenvalue weighted by Crippen LogP contribution is -2.76. The van der Waals surface area contributed by atoms with Crippen LogP contribution < -0.4 is 11.1 Å². The van der Waals surface area contributed by atoms with E-state index >= 15 is 0 Å². The van der Waals surface area contributed by atoms with Crippen LogP contribution in [0.25, 0.3) is 0 Å². The number of amides is 2. The predicted molar refractivity (Wildman–Crippen MR) is 152 cm³/mol. The van der Waals surface area contributed by atoms with Crippen LogP contribution in [0.1, 0.15) is 26.5 Å². The normalized spacial score (nSPS) is 27.0. The zero-order chi connectivity index (χ0) is 29.9. The van der Waals surface area contributed by atoms with Gasteiger partial charge in [-0.3, -0.25) is 19.2 Å². The second-order valence-corrected chi connectivity index (χ2v) is 13.9. The lowest BCUT2D eigenvalue weighted by Gasteiger charge is -2.58. The molecular weight excluding hydrogens is 598 g/mol. The minimum absolute atomic E-state index is 0.00640. The number of oxime groups is 1. The van der Waals surface area contributed by atoms with Gasteiger partial charge in [0.25, 0.3) is 5.91 Å². The third-order valence-corrected chi connectivity index (χ3v) is 10.7. The van der Waals surface area contributed by atoms with Gasteiger partial charge in [0.2, 0.25) is 12.7 Å². The molecule has 3 fully saturated rings. The summed E-state index contributed by atoms with van der Waals surface area (Å²) in [7, 11) is 1.29. The second kappa shape index (κ2) is 12.7. The summed E-state index contributed by atoms with van der Waals surface area (Å²) in [6, 6.07) is -0.874. The summed E-state index contributed by atoms with van der Waals surface area (Å²) in [5.74, 6) is -2.61. The van der Waals surface area contributed by atoms with Crippen LogP contribution in [0.5, 0.6) is 0 Å². The largest absolute Gasteiger partial charge is 0.427 e. The summed E-state index contributed by atoms with van der Waals surface area (Å²) >= 11 is 3.92. The van der Waals surface area contributed by atoms with Crippen molar-refractivity contribution in [2.24, 2.45) is 21.9 Å². The van der Waals surface area contributed by atoms with Crippen LogP contribution in [-0.2, 0) is 43.0 Å². The fourth-order valence-electron chi connectivity index (χ4n) is 4.67. The first-order valence-electron chi connectivity index (χ1n) is 12.6. The number of hydrogen-bond acceptors (Lipinski definition) is 15. The molecule has 0 aliphatic carbocycles. The smallest absolute Gasteiger partial charge is 0.319 e.